The van der Waals surface area contributed by atoms with Crippen LogP contribution in [0.1, 0.15) is 37.0 Å². The van der Waals surface area contributed by atoms with Gasteiger partial charge in [0.15, 0.2) is 6.29 Å². The number of halogens is 1. The molecule has 0 unspecified atom stereocenters. The molecule has 1 saturated heterocycles. The van der Waals surface area contributed by atoms with Crippen molar-refractivity contribution < 1.29 is 9.18 Å². The third-order valence-electron chi connectivity index (χ3n) is 3.31. The number of nitrogens with zero attached hydrogens (tertiary/aromatic N) is 1. The van der Waals surface area contributed by atoms with Gasteiger partial charge in [0.1, 0.15) is 5.82 Å². The molecule has 0 aromatic heterocycles. The first-order valence-electron chi connectivity index (χ1n) is 5.57. The van der Waals surface area contributed by atoms with Crippen molar-refractivity contribution in [3.05, 3.63) is 29.6 Å². The first kappa shape index (κ1) is 11.1. The Balaban J connectivity index is 2.44. The molecule has 0 amide bonds. The summed E-state index contributed by atoms with van der Waals surface area (Å²) in [6.45, 7) is 5.23. The lowest BCUT2D eigenvalue weighted by Gasteiger charge is -2.34. The quantitative estimate of drug-likeness (QED) is 0.715. The van der Waals surface area contributed by atoms with Crippen LogP contribution in [-0.2, 0) is 0 Å². The summed E-state index contributed by atoms with van der Waals surface area (Å²) in [5.74, 6) is -0.358. The van der Waals surface area contributed by atoms with Crippen molar-refractivity contribution in [2.24, 2.45) is 0 Å². The molecule has 1 heterocycles. The Hall–Kier alpha value is -1.38. The van der Waals surface area contributed by atoms with Gasteiger partial charge in [-0.25, -0.2) is 4.39 Å². The van der Waals surface area contributed by atoms with Gasteiger partial charge >= 0.3 is 0 Å². The van der Waals surface area contributed by atoms with Crippen molar-refractivity contribution in [1.82, 2.24) is 0 Å². The summed E-state index contributed by atoms with van der Waals surface area (Å²) in [6, 6.07) is 4.42. The van der Waals surface area contributed by atoms with E-state index in [4.69, 9.17) is 0 Å². The molecular formula is C13H16FNO. The van der Waals surface area contributed by atoms with Crippen LogP contribution in [0.4, 0.5) is 10.1 Å². The molecule has 3 heteroatoms. The minimum Gasteiger partial charge on any atom is -0.366 e. The molecule has 1 aliphatic rings. The minimum atomic E-state index is -0.358. The van der Waals surface area contributed by atoms with Crippen molar-refractivity contribution in [2.45, 2.75) is 32.2 Å². The Kier molecular flexibility index (Phi) is 2.70. The SMILES string of the molecule is CC1(C)CCCN1c1ccc(F)cc1C=O. The highest BCUT2D eigenvalue weighted by atomic mass is 19.1. The second kappa shape index (κ2) is 3.89. The highest BCUT2D eigenvalue weighted by Crippen LogP contribution is 2.35. The number of rotatable bonds is 2. The summed E-state index contributed by atoms with van der Waals surface area (Å²) in [5, 5.41) is 0. The van der Waals surface area contributed by atoms with Gasteiger partial charge in [0.2, 0.25) is 0 Å². The van der Waals surface area contributed by atoms with Gasteiger partial charge in [0.05, 0.1) is 0 Å². The van der Waals surface area contributed by atoms with E-state index in [1.807, 2.05) is 0 Å². The van der Waals surface area contributed by atoms with E-state index in [0.717, 1.165) is 31.4 Å². The second-order valence-electron chi connectivity index (χ2n) is 4.89. The van der Waals surface area contributed by atoms with Crippen molar-refractivity contribution >= 4 is 12.0 Å². The molecule has 0 bridgehead atoms. The summed E-state index contributed by atoms with van der Waals surface area (Å²) in [7, 11) is 0. The van der Waals surface area contributed by atoms with E-state index < -0.39 is 0 Å². The first-order chi connectivity index (χ1) is 7.54. The zero-order chi connectivity index (χ0) is 11.8. The monoisotopic (exact) mass is 221 g/mol. The van der Waals surface area contributed by atoms with Crippen LogP contribution < -0.4 is 4.90 Å². The lowest BCUT2D eigenvalue weighted by Crippen LogP contribution is -2.38. The van der Waals surface area contributed by atoms with Gasteiger partial charge in [-0.2, -0.15) is 0 Å². The van der Waals surface area contributed by atoms with Crippen LogP contribution >= 0.6 is 0 Å². The zero-order valence-corrected chi connectivity index (χ0v) is 9.66. The fourth-order valence-electron chi connectivity index (χ4n) is 2.42. The average molecular weight is 221 g/mol. The van der Waals surface area contributed by atoms with Gasteiger partial charge in [-0.05, 0) is 44.9 Å². The first-order valence-corrected chi connectivity index (χ1v) is 5.57. The predicted molar refractivity (Wildman–Crippen MR) is 62.4 cm³/mol. The smallest absolute Gasteiger partial charge is 0.152 e. The molecule has 1 aromatic rings. The largest absolute Gasteiger partial charge is 0.366 e. The van der Waals surface area contributed by atoms with Gasteiger partial charge in [0.25, 0.3) is 0 Å². The van der Waals surface area contributed by atoms with E-state index in [9.17, 15) is 9.18 Å². The Morgan fingerprint density at radius 1 is 1.44 bits per heavy atom. The van der Waals surface area contributed by atoms with Gasteiger partial charge in [-0.1, -0.05) is 0 Å². The zero-order valence-electron chi connectivity index (χ0n) is 9.66. The lowest BCUT2D eigenvalue weighted by atomic mass is 10.0. The maximum Gasteiger partial charge on any atom is 0.152 e. The van der Waals surface area contributed by atoms with E-state index in [1.54, 1.807) is 6.07 Å². The topological polar surface area (TPSA) is 20.3 Å². The molecule has 1 fully saturated rings. The number of hydrogen-bond acceptors (Lipinski definition) is 2. The molecule has 0 saturated carbocycles. The van der Waals surface area contributed by atoms with Crippen LogP contribution in [0.15, 0.2) is 18.2 Å². The maximum absolute atomic E-state index is 13.0. The van der Waals surface area contributed by atoms with E-state index in [0.29, 0.717) is 5.56 Å². The van der Waals surface area contributed by atoms with Crippen molar-refractivity contribution in [1.29, 1.82) is 0 Å². The van der Waals surface area contributed by atoms with Crippen molar-refractivity contribution in [2.75, 3.05) is 11.4 Å². The molecule has 1 aromatic carbocycles. The van der Waals surface area contributed by atoms with E-state index >= 15 is 0 Å². The number of carbonyl (C=O) groups excluding carboxylic acids is 1. The molecule has 0 radical (unpaired) electrons. The van der Waals surface area contributed by atoms with E-state index in [-0.39, 0.29) is 11.4 Å². The third-order valence-corrected chi connectivity index (χ3v) is 3.31. The Morgan fingerprint density at radius 3 is 2.75 bits per heavy atom. The van der Waals surface area contributed by atoms with E-state index in [2.05, 4.69) is 18.7 Å². The number of hydrogen-bond donors (Lipinski definition) is 0. The fraction of sp³-hybridized carbons (Fsp3) is 0.462. The summed E-state index contributed by atoms with van der Waals surface area (Å²) < 4.78 is 13.0. The molecule has 2 rings (SSSR count). The van der Waals surface area contributed by atoms with Gasteiger partial charge in [-0.3, -0.25) is 4.79 Å². The summed E-state index contributed by atoms with van der Waals surface area (Å²) in [5.41, 5.74) is 1.34. The minimum absolute atomic E-state index is 0.0512. The molecule has 16 heavy (non-hydrogen) atoms. The molecule has 0 atom stereocenters. The van der Waals surface area contributed by atoms with Crippen LogP contribution in [0.5, 0.6) is 0 Å². The van der Waals surface area contributed by atoms with Gasteiger partial charge < -0.3 is 4.90 Å². The second-order valence-corrected chi connectivity index (χ2v) is 4.89. The summed E-state index contributed by atoms with van der Waals surface area (Å²) >= 11 is 0. The average Bonchev–Trinajstić information content (AvgIpc) is 2.58. The fourth-order valence-corrected chi connectivity index (χ4v) is 2.42. The molecule has 0 spiro atoms. The molecular weight excluding hydrogens is 205 g/mol. The Bertz CT molecular complexity index is 414. The van der Waals surface area contributed by atoms with Crippen LogP contribution in [-0.4, -0.2) is 18.4 Å². The van der Waals surface area contributed by atoms with Crippen LogP contribution in [0.3, 0.4) is 0 Å². The number of anilines is 1. The summed E-state index contributed by atoms with van der Waals surface area (Å²) in [4.78, 5) is 13.1. The highest BCUT2D eigenvalue weighted by molar-refractivity contribution is 5.85. The third kappa shape index (κ3) is 1.82. The van der Waals surface area contributed by atoms with Crippen LogP contribution in [0.2, 0.25) is 0 Å². The molecule has 0 aliphatic carbocycles. The normalized spacial score (nSPS) is 18.8. The highest BCUT2D eigenvalue weighted by Gasteiger charge is 2.33. The maximum atomic E-state index is 13.0. The molecule has 86 valence electrons. The lowest BCUT2D eigenvalue weighted by molar-refractivity contribution is 0.112. The van der Waals surface area contributed by atoms with Crippen LogP contribution in [0, 0.1) is 5.82 Å². The molecule has 2 nitrogen and oxygen atoms in total. The van der Waals surface area contributed by atoms with Crippen molar-refractivity contribution in [3.8, 4) is 0 Å². The molecule has 1 aliphatic heterocycles. The standard InChI is InChI=1S/C13H16FNO/c1-13(2)6-3-7-15(13)12-5-4-11(14)8-10(12)9-16/h4-5,8-9H,3,6-7H2,1-2H3. The number of carbonyl (C=O) groups is 1. The van der Waals surface area contributed by atoms with Crippen molar-refractivity contribution in [3.63, 3.8) is 0 Å². The number of aldehydes is 1. The predicted octanol–water partition coefficient (Wildman–Crippen LogP) is 3.02. The van der Waals surface area contributed by atoms with E-state index in [1.165, 1.54) is 12.1 Å². The van der Waals surface area contributed by atoms with Gasteiger partial charge in [0, 0.05) is 23.3 Å². The summed E-state index contributed by atoms with van der Waals surface area (Å²) in [6.07, 6.45) is 2.94. The Morgan fingerprint density at radius 2 is 2.19 bits per heavy atom. The van der Waals surface area contributed by atoms with Crippen LogP contribution in [0.25, 0.3) is 0 Å². The van der Waals surface area contributed by atoms with Gasteiger partial charge in [-0.15, -0.1) is 0 Å². The Labute approximate surface area is 95.1 Å². The number of benzene rings is 1. The molecule has 0 N–H and O–H groups in total.